The summed E-state index contributed by atoms with van der Waals surface area (Å²) in [6, 6.07) is 0. The first kappa shape index (κ1) is 32.2. The Bertz CT molecular complexity index is 907. The number of carbonyl (C=O) groups excluding carboxylic acids is 1. The van der Waals surface area contributed by atoms with Crippen molar-refractivity contribution < 1.29 is 85.6 Å². The van der Waals surface area contributed by atoms with Crippen LogP contribution in [0.25, 0.3) is 0 Å². The zero-order valence-electron chi connectivity index (χ0n) is 18.9. The molecule has 4 aliphatic carbocycles. The average molecular weight is 623 g/mol. The molecule has 0 spiro atoms. The molecule has 228 valence electrons. The highest BCUT2D eigenvalue weighted by Crippen LogP contribution is 2.64. The second-order valence-corrected chi connectivity index (χ2v) is 11.0. The molecule has 0 aliphatic heterocycles. The first-order chi connectivity index (χ1) is 17.4. The Balaban J connectivity index is 1.94. The highest BCUT2D eigenvalue weighted by molar-refractivity contribution is 7.96. The zero-order chi connectivity index (χ0) is 30.1. The van der Waals surface area contributed by atoms with E-state index in [0.717, 1.165) is 19.3 Å². The van der Waals surface area contributed by atoms with E-state index >= 15 is 4.39 Å². The third-order valence-corrected chi connectivity index (χ3v) is 8.23. The topological polar surface area (TPSA) is 67.8 Å². The Morgan fingerprint density at radius 1 is 0.692 bits per heavy atom. The maximum Gasteiger partial charge on any atom is 0.460 e. The summed E-state index contributed by atoms with van der Waals surface area (Å²) >= 11 is -2.07. The van der Waals surface area contributed by atoms with E-state index in [0.29, 0.717) is 19.3 Å². The second kappa shape index (κ2) is 9.64. The molecule has 0 aromatic heterocycles. The van der Waals surface area contributed by atoms with Gasteiger partial charge < -0.3 is 9.99 Å². The molecule has 0 aromatic rings. The van der Waals surface area contributed by atoms with Gasteiger partial charge in [0.05, 0.1) is 18.6 Å². The first-order valence-corrected chi connectivity index (χ1v) is 11.6. The SMILES string of the molecule is O=C(OCC12CC3CC(CC(C3)C1)C2)C(F)(SOO[O-])C(F)(F)C(F)(F)C(F)(F)C(F)(F)C(F)(F)C(F)(F)F. The number of hydrogen-bond acceptors (Lipinski definition) is 6. The van der Waals surface area contributed by atoms with Crippen LogP contribution in [0, 0.1) is 23.2 Å². The van der Waals surface area contributed by atoms with Crippen molar-refractivity contribution in [1.82, 2.24) is 0 Å². The summed E-state index contributed by atoms with van der Waals surface area (Å²) in [5.41, 5.74) is -0.977. The minimum Gasteiger partial charge on any atom is -0.691 e. The van der Waals surface area contributed by atoms with Crippen LogP contribution in [0.3, 0.4) is 0 Å². The van der Waals surface area contributed by atoms with Crippen molar-refractivity contribution >= 4 is 18.0 Å². The van der Waals surface area contributed by atoms with Gasteiger partial charge in [0.15, 0.2) is 0 Å². The van der Waals surface area contributed by atoms with Crippen molar-refractivity contribution in [3.63, 3.8) is 0 Å². The Morgan fingerprint density at radius 2 is 1.08 bits per heavy atom. The molecular weight excluding hydrogens is 606 g/mol. The third-order valence-electron chi connectivity index (χ3n) is 7.45. The maximum atomic E-state index is 15.2. The molecule has 5 nitrogen and oxygen atoms in total. The normalized spacial score (nSPS) is 29.9. The number of hydrogen-bond donors (Lipinski definition) is 0. The molecule has 4 fully saturated rings. The molecule has 0 amide bonds. The van der Waals surface area contributed by atoms with Crippen molar-refractivity contribution in [2.45, 2.75) is 79.3 Å². The van der Waals surface area contributed by atoms with E-state index in [1.54, 1.807) is 0 Å². The fraction of sp³-hybridized carbons (Fsp3) is 0.947. The molecule has 0 N–H and O–H groups in total. The summed E-state index contributed by atoms with van der Waals surface area (Å²) in [4.78, 5) is 12.3. The van der Waals surface area contributed by atoms with Gasteiger partial charge in [-0.3, -0.25) is 5.04 Å². The van der Waals surface area contributed by atoms with Crippen LogP contribution in [-0.4, -0.2) is 53.4 Å². The van der Waals surface area contributed by atoms with Gasteiger partial charge >= 0.3 is 46.8 Å². The lowest BCUT2D eigenvalue weighted by Crippen LogP contribution is -2.73. The molecule has 4 bridgehead atoms. The smallest absolute Gasteiger partial charge is 0.460 e. The first-order valence-electron chi connectivity index (χ1n) is 10.9. The van der Waals surface area contributed by atoms with Gasteiger partial charge in [-0.1, -0.05) is 0 Å². The van der Waals surface area contributed by atoms with Crippen molar-refractivity contribution in [2.75, 3.05) is 6.61 Å². The Hall–Kier alpha value is -1.28. The number of esters is 1. The van der Waals surface area contributed by atoms with E-state index < -0.39 is 70.8 Å². The number of carbonyl (C=O) groups is 1. The molecule has 4 saturated carbocycles. The molecule has 0 saturated heterocycles. The van der Waals surface area contributed by atoms with Crippen LogP contribution in [0.4, 0.5) is 61.5 Å². The summed E-state index contributed by atoms with van der Waals surface area (Å²) in [7, 11) is 0. The minimum absolute atomic E-state index is 0.0821. The lowest BCUT2D eigenvalue weighted by atomic mass is 9.50. The second-order valence-electron chi connectivity index (χ2n) is 10.2. The quantitative estimate of drug-likeness (QED) is 0.0923. The summed E-state index contributed by atoms with van der Waals surface area (Å²) < 4.78 is 198. The molecule has 0 heterocycles. The maximum absolute atomic E-state index is 15.2. The fourth-order valence-corrected chi connectivity index (χ4v) is 6.51. The number of rotatable bonds is 11. The van der Waals surface area contributed by atoms with Gasteiger partial charge in [0.2, 0.25) is 0 Å². The minimum atomic E-state index is -8.38. The lowest BCUT2D eigenvalue weighted by molar-refractivity contribution is -0.777. The van der Waals surface area contributed by atoms with E-state index in [4.69, 9.17) is 0 Å². The Kier molecular flexibility index (Phi) is 7.97. The molecule has 39 heavy (non-hydrogen) atoms. The number of halogens is 14. The van der Waals surface area contributed by atoms with E-state index in [-0.39, 0.29) is 17.8 Å². The summed E-state index contributed by atoms with van der Waals surface area (Å²) in [6.45, 7) is -0.958. The monoisotopic (exact) mass is 623 g/mol. The number of alkyl halides is 14. The summed E-state index contributed by atoms with van der Waals surface area (Å²) in [6.07, 6.45) is -4.46. The fourth-order valence-electron chi connectivity index (χ4n) is 6.02. The van der Waals surface area contributed by atoms with Crippen molar-refractivity contribution in [2.24, 2.45) is 23.2 Å². The highest BCUT2D eigenvalue weighted by Gasteiger charge is 2.94. The Labute approximate surface area is 213 Å². The predicted molar refractivity (Wildman–Crippen MR) is 96.0 cm³/mol. The van der Waals surface area contributed by atoms with E-state index in [1.807, 2.05) is 0 Å². The van der Waals surface area contributed by atoms with Gasteiger partial charge in [-0.15, -0.1) is 0 Å². The molecule has 0 aromatic carbocycles. The highest BCUT2D eigenvalue weighted by atomic mass is 32.2. The van der Waals surface area contributed by atoms with Gasteiger partial charge in [-0.2, -0.15) is 61.4 Å². The van der Waals surface area contributed by atoms with Crippen molar-refractivity contribution in [3.8, 4) is 0 Å². The van der Waals surface area contributed by atoms with Crippen LogP contribution >= 0.6 is 12.0 Å². The molecule has 20 heteroatoms. The molecule has 4 aliphatic rings. The van der Waals surface area contributed by atoms with Crippen molar-refractivity contribution in [3.05, 3.63) is 0 Å². The molecule has 0 radical (unpaired) electrons. The van der Waals surface area contributed by atoms with Crippen LogP contribution in [0.5, 0.6) is 0 Å². The summed E-state index contributed by atoms with van der Waals surface area (Å²) in [5.74, 6) is -43.5. The van der Waals surface area contributed by atoms with Crippen LogP contribution < -0.4 is 5.26 Å². The van der Waals surface area contributed by atoms with Crippen LogP contribution in [0.1, 0.15) is 38.5 Å². The van der Waals surface area contributed by atoms with Crippen LogP contribution in [-0.2, 0) is 18.9 Å². The third kappa shape index (κ3) is 4.73. The van der Waals surface area contributed by atoms with Crippen LogP contribution in [0.2, 0.25) is 0 Å². The largest absolute Gasteiger partial charge is 0.691 e. The lowest BCUT2D eigenvalue weighted by Gasteiger charge is -2.56. The predicted octanol–water partition coefficient (Wildman–Crippen LogP) is 6.02. The summed E-state index contributed by atoms with van der Waals surface area (Å²) in [5, 5.41) is 6.28. The van der Waals surface area contributed by atoms with Crippen LogP contribution in [0.15, 0.2) is 0 Å². The van der Waals surface area contributed by atoms with Gasteiger partial charge in [0, 0.05) is 5.41 Å². The Morgan fingerprint density at radius 3 is 1.46 bits per heavy atom. The van der Waals surface area contributed by atoms with E-state index in [2.05, 4.69) is 14.1 Å². The molecule has 4 rings (SSSR count). The molecule has 1 atom stereocenters. The number of ether oxygens (including phenoxy) is 1. The molecular formula is C19H17F14O5S-. The van der Waals surface area contributed by atoms with E-state index in [1.165, 1.54) is 0 Å². The van der Waals surface area contributed by atoms with E-state index in [9.17, 15) is 67.1 Å². The van der Waals surface area contributed by atoms with Gasteiger partial charge in [-0.05, 0) is 56.3 Å². The van der Waals surface area contributed by atoms with Crippen molar-refractivity contribution in [1.29, 1.82) is 0 Å². The average Bonchev–Trinajstić information content (AvgIpc) is 2.78. The van der Waals surface area contributed by atoms with Gasteiger partial charge in [0.25, 0.3) is 0 Å². The van der Waals surface area contributed by atoms with Gasteiger partial charge in [0.1, 0.15) is 0 Å². The molecule has 1 unspecified atom stereocenters. The zero-order valence-corrected chi connectivity index (χ0v) is 19.7. The van der Waals surface area contributed by atoms with Gasteiger partial charge in [-0.25, -0.2) is 9.18 Å². The standard InChI is InChI=1S/C19H18F14O5S/c20-13(39-38-37-35,11(34)36-7-12-4-8-1-9(5-12)3-10(2-8)6-12)14(21,22)15(23,24)16(25,26)17(27,28)18(29,30)19(31,32)33/h8-10,35H,1-7H2/p-1.